The number of nitrogens with zero attached hydrogens (tertiary/aromatic N) is 3. The third-order valence-corrected chi connectivity index (χ3v) is 5.95. The summed E-state index contributed by atoms with van der Waals surface area (Å²) in [5.41, 5.74) is 1.48. The van der Waals surface area contributed by atoms with Crippen LogP contribution in [-0.4, -0.2) is 47.9 Å². The van der Waals surface area contributed by atoms with E-state index >= 15 is 0 Å². The average Bonchev–Trinajstić information content (AvgIpc) is 2.84. The minimum Gasteiger partial charge on any atom is -0.353 e. The molecule has 2 amide bonds. The second-order valence-corrected chi connectivity index (χ2v) is 8.22. The van der Waals surface area contributed by atoms with Gasteiger partial charge in [0.25, 0.3) is 5.91 Å². The molecule has 0 unspecified atom stereocenters. The number of hydrogen-bond donors (Lipinski definition) is 1. The van der Waals surface area contributed by atoms with Gasteiger partial charge in [0.1, 0.15) is 5.82 Å². The number of hydrogen-bond acceptors (Lipinski definition) is 4. The summed E-state index contributed by atoms with van der Waals surface area (Å²) in [6.07, 6.45) is 5.34. The number of carbonyl (C=O) groups excluding carboxylic acids is 2. The monoisotopic (exact) mass is 430 g/mol. The van der Waals surface area contributed by atoms with Crippen molar-refractivity contribution in [2.75, 3.05) is 36.4 Å². The van der Waals surface area contributed by atoms with Gasteiger partial charge in [0, 0.05) is 38.2 Å². The second kappa shape index (κ2) is 10.3. The molecule has 4 rings (SSSR count). The van der Waals surface area contributed by atoms with Crippen molar-refractivity contribution in [1.29, 1.82) is 0 Å². The first-order valence-corrected chi connectivity index (χ1v) is 11.4. The summed E-state index contributed by atoms with van der Waals surface area (Å²) in [4.78, 5) is 33.8. The van der Waals surface area contributed by atoms with Crippen LogP contribution in [0.2, 0.25) is 0 Å². The number of carbonyl (C=O) groups is 2. The zero-order valence-electron chi connectivity index (χ0n) is 18.6. The standard InChI is InChI=1S/C26H30N4O2/c1-2-3-4-12-25(31)28-21-13-14-24(27-19-21)29-15-17-30(18-16-29)26(32)23-11-7-9-20-8-5-6-10-22(20)23/h5-11,13-14,19H,2-4,12,15-18H2,1H3,(H,28,31). The summed E-state index contributed by atoms with van der Waals surface area (Å²) in [7, 11) is 0. The number of nitrogens with one attached hydrogen (secondary N) is 1. The lowest BCUT2D eigenvalue weighted by atomic mass is 10.0. The molecule has 1 N–H and O–H groups in total. The summed E-state index contributed by atoms with van der Waals surface area (Å²) < 4.78 is 0. The number of piperazine rings is 1. The van der Waals surface area contributed by atoms with Gasteiger partial charge in [-0.3, -0.25) is 9.59 Å². The van der Waals surface area contributed by atoms with E-state index in [0.717, 1.165) is 60.2 Å². The maximum absolute atomic E-state index is 13.2. The molecule has 32 heavy (non-hydrogen) atoms. The fourth-order valence-electron chi connectivity index (χ4n) is 4.13. The van der Waals surface area contributed by atoms with Crippen LogP contribution in [0.5, 0.6) is 0 Å². The molecule has 0 spiro atoms. The van der Waals surface area contributed by atoms with Crippen LogP contribution in [0.15, 0.2) is 60.8 Å². The number of fused-ring (bicyclic) bond motifs is 1. The van der Waals surface area contributed by atoms with Crippen molar-refractivity contribution in [3.8, 4) is 0 Å². The zero-order valence-corrected chi connectivity index (χ0v) is 18.6. The van der Waals surface area contributed by atoms with E-state index in [2.05, 4.69) is 22.1 Å². The topological polar surface area (TPSA) is 65.5 Å². The van der Waals surface area contributed by atoms with Crippen molar-refractivity contribution in [1.82, 2.24) is 9.88 Å². The van der Waals surface area contributed by atoms with E-state index in [0.29, 0.717) is 19.5 Å². The Morgan fingerprint density at radius 3 is 2.47 bits per heavy atom. The number of aromatic nitrogens is 1. The fourth-order valence-corrected chi connectivity index (χ4v) is 4.13. The van der Waals surface area contributed by atoms with Crippen LogP contribution in [0.1, 0.15) is 43.0 Å². The highest BCUT2D eigenvalue weighted by Gasteiger charge is 2.24. The van der Waals surface area contributed by atoms with Crippen LogP contribution in [0.3, 0.4) is 0 Å². The van der Waals surface area contributed by atoms with Gasteiger partial charge < -0.3 is 15.1 Å². The first kappa shape index (κ1) is 21.8. The van der Waals surface area contributed by atoms with Gasteiger partial charge in [-0.15, -0.1) is 0 Å². The quantitative estimate of drug-likeness (QED) is 0.551. The minimum absolute atomic E-state index is 0.0357. The van der Waals surface area contributed by atoms with E-state index in [4.69, 9.17) is 0 Å². The van der Waals surface area contributed by atoms with Gasteiger partial charge in [-0.1, -0.05) is 56.2 Å². The summed E-state index contributed by atoms with van der Waals surface area (Å²) in [5, 5.41) is 4.99. The molecule has 0 saturated carbocycles. The average molecular weight is 431 g/mol. The highest BCUT2D eigenvalue weighted by molar-refractivity contribution is 6.07. The summed E-state index contributed by atoms with van der Waals surface area (Å²) in [6, 6.07) is 17.7. The number of unbranched alkanes of at least 4 members (excludes halogenated alkanes) is 2. The van der Waals surface area contributed by atoms with E-state index in [-0.39, 0.29) is 11.8 Å². The Morgan fingerprint density at radius 1 is 0.938 bits per heavy atom. The smallest absolute Gasteiger partial charge is 0.254 e. The normalized spacial score (nSPS) is 13.9. The lowest BCUT2D eigenvalue weighted by Crippen LogP contribution is -2.49. The van der Waals surface area contributed by atoms with Crippen LogP contribution in [0, 0.1) is 0 Å². The van der Waals surface area contributed by atoms with E-state index in [9.17, 15) is 9.59 Å². The molecule has 1 aliphatic heterocycles. The van der Waals surface area contributed by atoms with Gasteiger partial charge in [0.2, 0.25) is 5.91 Å². The first-order valence-electron chi connectivity index (χ1n) is 11.4. The third-order valence-electron chi connectivity index (χ3n) is 5.95. The molecular formula is C26H30N4O2. The maximum atomic E-state index is 13.2. The number of benzene rings is 2. The first-order chi connectivity index (χ1) is 15.7. The summed E-state index contributed by atoms with van der Waals surface area (Å²) >= 11 is 0. The molecule has 0 atom stereocenters. The van der Waals surface area contributed by atoms with Crippen molar-refractivity contribution in [3.63, 3.8) is 0 Å². The molecular weight excluding hydrogens is 400 g/mol. The second-order valence-electron chi connectivity index (χ2n) is 8.22. The van der Waals surface area contributed by atoms with Gasteiger partial charge in [-0.25, -0.2) is 4.98 Å². The lowest BCUT2D eigenvalue weighted by molar-refractivity contribution is -0.116. The molecule has 2 aromatic carbocycles. The van der Waals surface area contributed by atoms with E-state index in [1.807, 2.05) is 59.5 Å². The molecule has 166 valence electrons. The van der Waals surface area contributed by atoms with Crippen molar-refractivity contribution >= 4 is 34.1 Å². The highest BCUT2D eigenvalue weighted by atomic mass is 16.2. The van der Waals surface area contributed by atoms with E-state index < -0.39 is 0 Å². The Hall–Kier alpha value is -3.41. The van der Waals surface area contributed by atoms with E-state index in [1.165, 1.54) is 0 Å². The molecule has 0 radical (unpaired) electrons. The van der Waals surface area contributed by atoms with Crippen LogP contribution < -0.4 is 10.2 Å². The minimum atomic E-state index is 0.0357. The number of anilines is 2. The molecule has 0 bridgehead atoms. The Bertz CT molecular complexity index is 1070. The summed E-state index contributed by atoms with van der Waals surface area (Å²) in [6.45, 7) is 4.89. The van der Waals surface area contributed by atoms with Crippen LogP contribution >= 0.6 is 0 Å². The van der Waals surface area contributed by atoms with E-state index in [1.54, 1.807) is 6.20 Å². The van der Waals surface area contributed by atoms with Gasteiger partial charge in [0.15, 0.2) is 0 Å². The van der Waals surface area contributed by atoms with Gasteiger partial charge in [-0.05, 0) is 35.4 Å². The van der Waals surface area contributed by atoms with Crippen molar-refractivity contribution in [2.45, 2.75) is 32.6 Å². The highest BCUT2D eigenvalue weighted by Crippen LogP contribution is 2.22. The molecule has 6 nitrogen and oxygen atoms in total. The fraction of sp³-hybridized carbons (Fsp3) is 0.346. The Labute approximate surface area is 189 Å². The Balaban J connectivity index is 1.33. The number of rotatable bonds is 7. The molecule has 3 aromatic rings. The van der Waals surface area contributed by atoms with Crippen molar-refractivity contribution < 1.29 is 9.59 Å². The largest absolute Gasteiger partial charge is 0.353 e. The molecule has 1 aliphatic rings. The molecule has 1 fully saturated rings. The summed E-state index contributed by atoms with van der Waals surface area (Å²) in [5.74, 6) is 0.982. The van der Waals surface area contributed by atoms with Crippen molar-refractivity contribution in [2.24, 2.45) is 0 Å². The Kier molecular flexibility index (Phi) is 7.00. The lowest BCUT2D eigenvalue weighted by Gasteiger charge is -2.35. The molecule has 6 heteroatoms. The van der Waals surface area contributed by atoms with Crippen LogP contribution in [-0.2, 0) is 4.79 Å². The molecule has 0 aliphatic carbocycles. The molecule has 1 aromatic heterocycles. The Morgan fingerprint density at radius 2 is 1.72 bits per heavy atom. The maximum Gasteiger partial charge on any atom is 0.254 e. The van der Waals surface area contributed by atoms with Gasteiger partial charge in [0.05, 0.1) is 11.9 Å². The predicted molar refractivity (Wildman–Crippen MR) is 129 cm³/mol. The number of amides is 2. The van der Waals surface area contributed by atoms with Gasteiger partial charge >= 0.3 is 0 Å². The zero-order chi connectivity index (χ0) is 22.3. The van der Waals surface area contributed by atoms with Crippen molar-refractivity contribution in [3.05, 3.63) is 66.4 Å². The predicted octanol–water partition coefficient (Wildman–Crippen LogP) is 4.72. The SMILES string of the molecule is CCCCCC(=O)Nc1ccc(N2CCN(C(=O)c3cccc4ccccc34)CC2)nc1. The molecule has 1 saturated heterocycles. The van der Waals surface area contributed by atoms with Crippen LogP contribution in [0.25, 0.3) is 10.8 Å². The van der Waals surface area contributed by atoms with Gasteiger partial charge in [-0.2, -0.15) is 0 Å². The molecule has 2 heterocycles. The third kappa shape index (κ3) is 5.07. The number of pyridine rings is 1. The van der Waals surface area contributed by atoms with Crippen LogP contribution in [0.4, 0.5) is 11.5 Å².